The number of H-pyrrole nitrogens is 1. The van der Waals surface area contributed by atoms with Gasteiger partial charge in [0, 0.05) is 49.4 Å². The Morgan fingerprint density at radius 1 is 1.21 bits per heavy atom. The van der Waals surface area contributed by atoms with Crippen molar-refractivity contribution >= 4 is 34.1 Å². The maximum atomic E-state index is 14.7. The highest BCUT2D eigenvalue weighted by Crippen LogP contribution is 2.38. The fourth-order valence-corrected chi connectivity index (χ4v) is 6.15. The molecule has 0 bridgehead atoms. The van der Waals surface area contributed by atoms with Crippen molar-refractivity contribution in [1.82, 2.24) is 34.5 Å². The molecule has 5 heterocycles. The minimum absolute atomic E-state index is 0.104. The number of hydrogen-bond acceptors (Lipinski definition) is 8. The molecule has 13 heteroatoms. The number of likely N-dealkylation sites (N-methyl/N-ethyl adjacent to an activating group) is 1. The first-order valence-corrected chi connectivity index (χ1v) is 14.0. The molecule has 2 aliphatic heterocycles. The summed E-state index contributed by atoms with van der Waals surface area (Å²) in [5.74, 6) is -2.33. The number of amides is 1. The number of anilines is 3. The minimum atomic E-state index is -2.91. The highest BCUT2D eigenvalue weighted by molar-refractivity contribution is 6.06. The van der Waals surface area contributed by atoms with Crippen LogP contribution in [0.2, 0.25) is 0 Å². The lowest BCUT2D eigenvalue weighted by Gasteiger charge is -2.42. The van der Waals surface area contributed by atoms with Crippen molar-refractivity contribution < 1.29 is 18.3 Å². The van der Waals surface area contributed by atoms with Crippen LogP contribution in [0.4, 0.5) is 26.1 Å². The molecule has 3 aromatic heterocycles. The molecule has 2 aliphatic rings. The monoisotopic (exact) mass is 579 g/mol. The first-order valence-electron chi connectivity index (χ1n) is 14.0. The van der Waals surface area contributed by atoms with E-state index in [9.17, 15) is 13.6 Å². The zero-order valence-corrected chi connectivity index (χ0v) is 24.1. The summed E-state index contributed by atoms with van der Waals surface area (Å²) in [6, 6.07) is 6.30. The molecular weight excluding hydrogens is 544 g/mol. The normalized spacial score (nSPS) is 22.9. The molecule has 0 saturated carbocycles. The van der Waals surface area contributed by atoms with Gasteiger partial charge < -0.3 is 25.3 Å². The number of rotatable bonds is 7. The molecule has 1 unspecified atom stereocenters. The average Bonchev–Trinajstić information content (AvgIpc) is 3.64. The topological polar surface area (TPSA) is 116 Å². The molecule has 4 aromatic rings. The number of hydrogen-bond donors (Lipinski definition) is 3. The van der Waals surface area contributed by atoms with Gasteiger partial charge >= 0.3 is 0 Å². The zero-order valence-electron chi connectivity index (χ0n) is 24.1. The maximum Gasteiger partial charge on any atom is 0.262 e. The van der Waals surface area contributed by atoms with Crippen LogP contribution in [0.15, 0.2) is 42.9 Å². The molecule has 42 heavy (non-hydrogen) atoms. The fraction of sp³-hybridized carbons (Fsp3) is 0.448. The average molecular weight is 580 g/mol. The number of aromatic nitrogens is 5. The second kappa shape index (κ2) is 11.0. The number of methoxy groups -OCH3 is 1. The van der Waals surface area contributed by atoms with Gasteiger partial charge in [0.2, 0.25) is 11.9 Å². The minimum Gasteiger partial charge on any atom is -0.478 e. The van der Waals surface area contributed by atoms with E-state index in [0.29, 0.717) is 41.0 Å². The molecule has 0 radical (unpaired) electrons. The summed E-state index contributed by atoms with van der Waals surface area (Å²) in [6.45, 7) is 3.28. The van der Waals surface area contributed by atoms with Crippen molar-refractivity contribution in [1.29, 1.82) is 0 Å². The summed E-state index contributed by atoms with van der Waals surface area (Å²) in [5.41, 5.74) is 3.30. The van der Waals surface area contributed by atoms with Crippen molar-refractivity contribution in [2.45, 2.75) is 37.8 Å². The number of carbonyl (C=O) groups excluding carboxylic acids is 1. The third kappa shape index (κ3) is 5.41. The number of alkyl halides is 2. The van der Waals surface area contributed by atoms with E-state index in [0.717, 1.165) is 23.9 Å². The standard InChI is InChI=1S/C29H35F2N9O2/c1-17-9-11-38(2)15-24(17)40-16-29(30,31)12-23(40)26(41)34-21-7-5-6-18-19(13-33-25(18)21)20-8-10-32-28(35-20)36-22-14-39(3)37-27(22)42-4/h5-8,10,13-14,17,23-24,33H,9,11-12,15-16H2,1-4H3,(H,34,41)(H,32,35,36)/t17?,23-,24+/m1/s1. The number of aromatic amines is 1. The predicted molar refractivity (Wildman–Crippen MR) is 156 cm³/mol. The first kappa shape index (κ1) is 28.0. The van der Waals surface area contributed by atoms with Gasteiger partial charge in [0.15, 0.2) is 0 Å². The lowest BCUT2D eigenvalue weighted by molar-refractivity contribution is -0.122. The van der Waals surface area contributed by atoms with Gasteiger partial charge in [-0.1, -0.05) is 19.1 Å². The lowest BCUT2D eigenvalue weighted by atomic mass is 9.92. The number of fused-ring (bicyclic) bond motifs is 1. The van der Waals surface area contributed by atoms with Crippen LogP contribution in [-0.2, 0) is 11.8 Å². The van der Waals surface area contributed by atoms with Gasteiger partial charge in [0.25, 0.3) is 11.8 Å². The van der Waals surface area contributed by atoms with E-state index in [1.807, 2.05) is 25.4 Å². The summed E-state index contributed by atoms with van der Waals surface area (Å²) in [6.07, 6.45) is 5.65. The van der Waals surface area contributed by atoms with Gasteiger partial charge in [-0.05, 0) is 38.1 Å². The molecule has 3 atom stereocenters. The number of likely N-dealkylation sites (tertiary alicyclic amines) is 2. The molecule has 3 N–H and O–H groups in total. The quantitative estimate of drug-likeness (QED) is 0.300. The van der Waals surface area contributed by atoms with E-state index in [2.05, 4.69) is 42.5 Å². The van der Waals surface area contributed by atoms with Crippen LogP contribution >= 0.6 is 0 Å². The maximum absolute atomic E-state index is 14.7. The van der Waals surface area contributed by atoms with E-state index in [4.69, 9.17) is 4.74 Å². The SMILES string of the molecule is COc1nn(C)cc1Nc1nccc(-c2c[nH]c3c(NC(=O)[C@H]4CC(F)(F)CN4[C@H]4CN(C)CCC4C)cccc23)n1. The van der Waals surface area contributed by atoms with Gasteiger partial charge in [-0.2, -0.15) is 0 Å². The van der Waals surface area contributed by atoms with Crippen LogP contribution in [0.3, 0.4) is 0 Å². The van der Waals surface area contributed by atoms with Crippen LogP contribution in [0.5, 0.6) is 5.88 Å². The number of carbonyl (C=O) groups is 1. The van der Waals surface area contributed by atoms with Gasteiger partial charge in [-0.25, -0.2) is 18.7 Å². The van der Waals surface area contributed by atoms with Crippen LogP contribution in [0, 0.1) is 5.92 Å². The Balaban J connectivity index is 1.25. The number of ether oxygens (including phenoxy) is 1. The second-order valence-corrected chi connectivity index (χ2v) is 11.4. The fourth-order valence-electron chi connectivity index (χ4n) is 6.15. The Kier molecular flexibility index (Phi) is 7.31. The molecule has 11 nitrogen and oxygen atoms in total. The Labute approximate surface area is 242 Å². The number of aryl methyl sites for hydroxylation is 1. The van der Waals surface area contributed by atoms with Crippen molar-refractivity contribution in [2.75, 3.05) is 44.4 Å². The predicted octanol–water partition coefficient (Wildman–Crippen LogP) is 4.10. The second-order valence-electron chi connectivity index (χ2n) is 11.4. The summed E-state index contributed by atoms with van der Waals surface area (Å²) in [4.78, 5) is 29.7. The van der Waals surface area contributed by atoms with Gasteiger partial charge in [0.1, 0.15) is 5.69 Å². The number of benzene rings is 1. The number of nitrogens with zero attached hydrogens (tertiary/aromatic N) is 6. The van der Waals surface area contributed by atoms with Gasteiger partial charge in [-0.3, -0.25) is 14.4 Å². The molecular formula is C29H35F2N9O2. The number of nitrogens with one attached hydrogen (secondary N) is 3. The summed E-state index contributed by atoms with van der Waals surface area (Å²) >= 11 is 0. The highest BCUT2D eigenvalue weighted by atomic mass is 19.3. The molecule has 0 spiro atoms. The summed E-state index contributed by atoms with van der Waals surface area (Å²) < 4.78 is 36.4. The summed E-state index contributed by atoms with van der Waals surface area (Å²) in [7, 11) is 5.33. The van der Waals surface area contributed by atoms with Crippen molar-refractivity contribution in [3.8, 4) is 17.1 Å². The Hall–Kier alpha value is -4.10. The lowest BCUT2D eigenvalue weighted by Crippen LogP contribution is -2.55. The molecule has 2 saturated heterocycles. The van der Waals surface area contributed by atoms with Crippen LogP contribution in [0.1, 0.15) is 19.8 Å². The first-order chi connectivity index (χ1) is 20.1. The third-order valence-corrected chi connectivity index (χ3v) is 8.30. The molecule has 222 valence electrons. The van der Waals surface area contributed by atoms with Gasteiger partial charge in [0.05, 0.1) is 42.8 Å². The van der Waals surface area contributed by atoms with E-state index >= 15 is 0 Å². The molecule has 6 rings (SSSR count). The Morgan fingerprint density at radius 2 is 2.05 bits per heavy atom. The van der Waals surface area contributed by atoms with E-state index in [1.165, 1.54) is 7.11 Å². The molecule has 2 fully saturated rings. The smallest absolute Gasteiger partial charge is 0.262 e. The third-order valence-electron chi connectivity index (χ3n) is 8.30. The van der Waals surface area contributed by atoms with Crippen molar-refractivity contribution in [3.05, 3.63) is 42.9 Å². The number of halogens is 2. The highest BCUT2D eigenvalue weighted by Gasteiger charge is 2.51. The van der Waals surface area contributed by atoms with E-state index < -0.39 is 30.8 Å². The van der Waals surface area contributed by atoms with Crippen LogP contribution in [-0.4, -0.2) is 92.2 Å². The zero-order chi connectivity index (χ0) is 29.6. The summed E-state index contributed by atoms with van der Waals surface area (Å²) in [5, 5.41) is 11.2. The number of piperidine rings is 1. The Morgan fingerprint density at radius 3 is 2.86 bits per heavy atom. The molecule has 1 amide bonds. The van der Waals surface area contributed by atoms with Gasteiger partial charge in [-0.15, -0.1) is 5.10 Å². The van der Waals surface area contributed by atoms with E-state index in [-0.39, 0.29) is 12.0 Å². The molecule has 1 aromatic carbocycles. The van der Waals surface area contributed by atoms with Crippen molar-refractivity contribution in [3.63, 3.8) is 0 Å². The molecule has 0 aliphatic carbocycles. The Bertz CT molecular complexity index is 1600. The largest absolute Gasteiger partial charge is 0.478 e. The van der Waals surface area contributed by atoms with Crippen molar-refractivity contribution in [2.24, 2.45) is 13.0 Å². The number of para-hydroxylation sites is 1. The van der Waals surface area contributed by atoms with E-state index in [1.54, 1.807) is 41.2 Å². The van der Waals surface area contributed by atoms with Crippen LogP contribution < -0.4 is 15.4 Å². The van der Waals surface area contributed by atoms with Crippen LogP contribution in [0.25, 0.3) is 22.2 Å².